The van der Waals surface area contributed by atoms with Crippen LogP contribution in [-0.4, -0.2) is 5.91 Å². The second-order valence-electron chi connectivity index (χ2n) is 3.06. The molecule has 0 atom stereocenters. The number of aryl methyl sites for hydroxylation is 1. The van der Waals surface area contributed by atoms with Crippen molar-refractivity contribution in [3.05, 3.63) is 35.4 Å². The molecule has 0 spiro atoms. The van der Waals surface area contributed by atoms with E-state index in [4.69, 9.17) is 5.73 Å². The predicted octanol–water partition coefficient (Wildman–Crippen LogP) is 1.77. The monoisotopic (exact) mass is 199 g/mol. The Labute approximate surface area is 80.7 Å². The molecule has 14 heavy (non-hydrogen) atoms. The molecule has 2 N–H and O–H groups in total. The van der Waals surface area contributed by atoms with E-state index in [0.717, 1.165) is 18.2 Å². The Morgan fingerprint density at radius 2 is 2.07 bits per heavy atom. The third-order valence-electron chi connectivity index (χ3n) is 1.88. The molecule has 0 aliphatic carbocycles. The van der Waals surface area contributed by atoms with E-state index in [9.17, 15) is 13.6 Å². The van der Waals surface area contributed by atoms with Gasteiger partial charge in [0.15, 0.2) is 0 Å². The number of primary amides is 1. The number of rotatable bonds is 4. The topological polar surface area (TPSA) is 43.1 Å². The van der Waals surface area contributed by atoms with Crippen molar-refractivity contribution in [3.63, 3.8) is 0 Å². The zero-order chi connectivity index (χ0) is 10.6. The van der Waals surface area contributed by atoms with Gasteiger partial charge in [-0.1, -0.05) is 0 Å². The lowest BCUT2D eigenvalue weighted by Crippen LogP contribution is -2.10. The summed E-state index contributed by atoms with van der Waals surface area (Å²) in [6, 6.07) is 3.28. The summed E-state index contributed by atoms with van der Waals surface area (Å²) in [6.45, 7) is 0. The van der Waals surface area contributed by atoms with Crippen LogP contribution in [0.15, 0.2) is 18.2 Å². The van der Waals surface area contributed by atoms with E-state index in [1.807, 2.05) is 0 Å². The van der Waals surface area contributed by atoms with Crippen LogP contribution in [0.5, 0.6) is 0 Å². The average molecular weight is 199 g/mol. The number of benzene rings is 1. The molecule has 0 unspecified atom stereocenters. The van der Waals surface area contributed by atoms with Gasteiger partial charge in [0.05, 0.1) is 0 Å². The van der Waals surface area contributed by atoms with Crippen LogP contribution in [0.3, 0.4) is 0 Å². The molecule has 4 heteroatoms. The minimum absolute atomic E-state index is 0.190. The quantitative estimate of drug-likeness (QED) is 0.789. The summed E-state index contributed by atoms with van der Waals surface area (Å²) in [7, 11) is 0. The lowest BCUT2D eigenvalue weighted by Gasteiger charge is -2.01. The summed E-state index contributed by atoms with van der Waals surface area (Å²) >= 11 is 0. The van der Waals surface area contributed by atoms with E-state index in [-0.39, 0.29) is 12.0 Å². The van der Waals surface area contributed by atoms with Crippen LogP contribution in [0.4, 0.5) is 8.78 Å². The highest BCUT2D eigenvalue weighted by Crippen LogP contribution is 2.12. The average Bonchev–Trinajstić information content (AvgIpc) is 2.10. The van der Waals surface area contributed by atoms with E-state index in [2.05, 4.69) is 0 Å². The van der Waals surface area contributed by atoms with Crippen LogP contribution in [0.25, 0.3) is 0 Å². The Hall–Kier alpha value is -1.45. The first-order valence-corrected chi connectivity index (χ1v) is 4.32. The van der Waals surface area contributed by atoms with Crippen LogP contribution in [-0.2, 0) is 11.2 Å². The van der Waals surface area contributed by atoms with Crippen molar-refractivity contribution in [2.24, 2.45) is 5.73 Å². The highest BCUT2D eigenvalue weighted by molar-refractivity contribution is 5.73. The molecule has 76 valence electrons. The minimum Gasteiger partial charge on any atom is -0.370 e. The molecule has 0 aromatic heterocycles. The van der Waals surface area contributed by atoms with E-state index in [1.54, 1.807) is 0 Å². The van der Waals surface area contributed by atoms with Crippen LogP contribution in [0.1, 0.15) is 18.4 Å². The molecule has 2 nitrogen and oxygen atoms in total. The van der Waals surface area contributed by atoms with Crippen molar-refractivity contribution in [2.45, 2.75) is 19.3 Å². The first-order chi connectivity index (χ1) is 6.59. The normalized spacial score (nSPS) is 10.1. The van der Waals surface area contributed by atoms with Crippen molar-refractivity contribution in [1.29, 1.82) is 0 Å². The zero-order valence-electron chi connectivity index (χ0n) is 7.59. The maximum atomic E-state index is 13.0. The van der Waals surface area contributed by atoms with Crippen LogP contribution >= 0.6 is 0 Å². The van der Waals surface area contributed by atoms with Gasteiger partial charge in [-0.3, -0.25) is 4.79 Å². The Bertz CT molecular complexity index is 339. The third kappa shape index (κ3) is 3.12. The molecule has 0 radical (unpaired) electrons. The van der Waals surface area contributed by atoms with Gasteiger partial charge in [0.25, 0.3) is 0 Å². The molecule has 1 aromatic carbocycles. The first kappa shape index (κ1) is 10.6. The van der Waals surface area contributed by atoms with E-state index in [0.29, 0.717) is 12.8 Å². The standard InChI is InChI=1S/C10H11F2NO/c11-8-4-5-9(12)7(6-8)2-1-3-10(13)14/h4-6H,1-3H2,(H2,13,14). The summed E-state index contributed by atoms with van der Waals surface area (Å²) in [5.41, 5.74) is 5.20. The van der Waals surface area contributed by atoms with Gasteiger partial charge in [0.2, 0.25) is 5.91 Å². The van der Waals surface area contributed by atoms with Gasteiger partial charge < -0.3 is 5.73 Å². The Balaban J connectivity index is 2.57. The van der Waals surface area contributed by atoms with Gasteiger partial charge in [0.1, 0.15) is 11.6 Å². The maximum Gasteiger partial charge on any atom is 0.217 e. The second kappa shape index (κ2) is 4.69. The van der Waals surface area contributed by atoms with Gasteiger partial charge in [-0.15, -0.1) is 0 Å². The maximum absolute atomic E-state index is 13.0. The molecular weight excluding hydrogens is 188 g/mol. The zero-order valence-corrected chi connectivity index (χ0v) is 7.59. The molecule has 0 saturated heterocycles. The van der Waals surface area contributed by atoms with Crippen LogP contribution in [0, 0.1) is 11.6 Å². The lowest BCUT2D eigenvalue weighted by molar-refractivity contribution is -0.118. The number of hydrogen-bond donors (Lipinski definition) is 1. The second-order valence-corrected chi connectivity index (χ2v) is 3.06. The number of halogens is 2. The molecule has 1 rings (SSSR count). The number of carbonyl (C=O) groups is 1. The van der Waals surface area contributed by atoms with Gasteiger partial charge in [0, 0.05) is 6.42 Å². The SMILES string of the molecule is NC(=O)CCCc1cc(F)ccc1F. The van der Waals surface area contributed by atoms with Crippen LogP contribution in [0.2, 0.25) is 0 Å². The summed E-state index contributed by atoms with van der Waals surface area (Å²) in [6.07, 6.45) is 0.957. The van der Waals surface area contributed by atoms with Crippen molar-refractivity contribution >= 4 is 5.91 Å². The molecule has 0 heterocycles. The molecular formula is C10H11F2NO. The fourth-order valence-corrected chi connectivity index (χ4v) is 1.19. The molecule has 1 aromatic rings. The largest absolute Gasteiger partial charge is 0.370 e. The summed E-state index contributed by atoms with van der Waals surface area (Å²) < 4.78 is 25.7. The molecule has 0 fully saturated rings. The molecule has 0 saturated carbocycles. The Kier molecular flexibility index (Phi) is 3.56. The van der Waals surface area contributed by atoms with Gasteiger partial charge in [-0.2, -0.15) is 0 Å². The van der Waals surface area contributed by atoms with Gasteiger partial charge in [-0.05, 0) is 36.6 Å². The van der Waals surface area contributed by atoms with Crippen molar-refractivity contribution in [1.82, 2.24) is 0 Å². The molecule has 0 aliphatic rings. The fraction of sp³-hybridized carbons (Fsp3) is 0.300. The van der Waals surface area contributed by atoms with Crippen molar-refractivity contribution < 1.29 is 13.6 Å². The van der Waals surface area contributed by atoms with Crippen molar-refractivity contribution in [3.8, 4) is 0 Å². The number of nitrogens with two attached hydrogens (primary N) is 1. The lowest BCUT2D eigenvalue weighted by atomic mass is 10.1. The fourth-order valence-electron chi connectivity index (χ4n) is 1.19. The third-order valence-corrected chi connectivity index (χ3v) is 1.88. The van der Waals surface area contributed by atoms with Crippen molar-refractivity contribution in [2.75, 3.05) is 0 Å². The Morgan fingerprint density at radius 1 is 1.36 bits per heavy atom. The Morgan fingerprint density at radius 3 is 2.71 bits per heavy atom. The van der Waals surface area contributed by atoms with E-state index in [1.165, 1.54) is 0 Å². The van der Waals surface area contributed by atoms with E-state index >= 15 is 0 Å². The van der Waals surface area contributed by atoms with Crippen LogP contribution < -0.4 is 5.73 Å². The van der Waals surface area contributed by atoms with Gasteiger partial charge >= 0.3 is 0 Å². The summed E-state index contributed by atoms with van der Waals surface area (Å²) in [5, 5.41) is 0. The molecule has 1 amide bonds. The number of amides is 1. The highest BCUT2D eigenvalue weighted by Gasteiger charge is 2.04. The van der Waals surface area contributed by atoms with E-state index < -0.39 is 17.5 Å². The first-order valence-electron chi connectivity index (χ1n) is 4.32. The predicted molar refractivity (Wildman–Crippen MR) is 48.5 cm³/mol. The highest BCUT2D eigenvalue weighted by atomic mass is 19.1. The molecule has 0 bridgehead atoms. The van der Waals surface area contributed by atoms with Gasteiger partial charge in [-0.25, -0.2) is 8.78 Å². The summed E-state index contributed by atoms with van der Waals surface area (Å²) in [4.78, 5) is 10.4. The number of carbonyl (C=O) groups excluding carboxylic acids is 1. The minimum atomic E-state index is -0.472. The molecule has 0 aliphatic heterocycles. The number of hydrogen-bond acceptors (Lipinski definition) is 1. The summed E-state index contributed by atoms with van der Waals surface area (Å²) in [5.74, 6) is -1.35. The smallest absolute Gasteiger partial charge is 0.217 e.